The molecule has 7 heteroatoms. The smallest absolute Gasteiger partial charge is 0.245 e. The Labute approximate surface area is 216 Å². The van der Waals surface area contributed by atoms with Crippen LogP contribution in [0.4, 0.5) is 5.82 Å². The van der Waals surface area contributed by atoms with Crippen LogP contribution in [0.25, 0.3) is 5.69 Å². The Morgan fingerprint density at radius 1 is 1.14 bits per heavy atom. The summed E-state index contributed by atoms with van der Waals surface area (Å²) in [4.78, 5) is 28.0. The summed E-state index contributed by atoms with van der Waals surface area (Å²) in [6.45, 7) is 17.5. The van der Waals surface area contributed by atoms with E-state index in [4.69, 9.17) is 16.7 Å². The summed E-state index contributed by atoms with van der Waals surface area (Å²) in [6, 6.07) is 9.28. The predicted molar refractivity (Wildman–Crippen MR) is 145 cm³/mol. The SMILES string of the molecule is CCCCN(CC(=O)Nc1cc(C(C)(C)C)nn1-c1ccccc1Cl)C(=O)CC(C)CC(C)(C)C. The first-order valence-corrected chi connectivity index (χ1v) is 13.0. The molecular weight excluding hydrogens is 460 g/mol. The van der Waals surface area contributed by atoms with Crippen LogP contribution in [0.2, 0.25) is 5.02 Å². The Kier molecular flexibility index (Phi) is 9.96. The molecule has 0 saturated carbocycles. The molecule has 2 amide bonds. The number of rotatable bonds is 10. The number of carbonyl (C=O) groups excluding carboxylic acids is 2. The van der Waals surface area contributed by atoms with Crippen LogP contribution in [0.5, 0.6) is 0 Å². The predicted octanol–water partition coefficient (Wildman–Crippen LogP) is 6.85. The van der Waals surface area contributed by atoms with E-state index in [1.165, 1.54) is 0 Å². The molecule has 2 rings (SSSR count). The van der Waals surface area contributed by atoms with Crippen molar-refractivity contribution >= 4 is 29.2 Å². The van der Waals surface area contributed by atoms with Crippen LogP contribution in [-0.4, -0.2) is 39.6 Å². The van der Waals surface area contributed by atoms with Gasteiger partial charge in [-0.15, -0.1) is 0 Å². The molecule has 194 valence electrons. The number of hydrogen-bond donors (Lipinski definition) is 1. The van der Waals surface area contributed by atoms with Gasteiger partial charge in [0, 0.05) is 24.4 Å². The molecule has 0 aliphatic heterocycles. The topological polar surface area (TPSA) is 67.2 Å². The maximum atomic E-state index is 13.2. The van der Waals surface area contributed by atoms with Gasteiger partial charge in [-0.25, -0.2) is 4.68 Å². The maximum Gasteiger partial charge on any atom is 0.245 e. The highest BCUT2D eigenvalue weighted by atomic mass is 35.5. The van der Waals surface area contributed by atoms with E-state index in [0.29, 0.717) is 29.5 Å². The molecule has 0 saturated heterocycles. The van der Waals surface area contributed by atoms with E-state index in [9.17, 15) is 9.59 Å². The van der Waals surface area contributed by atoms with Crippen LogP contribution in [-0.2, 0) is 15.0 Å². The third-order valence-electron chi connectivity index (χ3n) is 5.78. The molecule has 0 fully saturated rings. The standard InChI is InChI=1S/C28H43ClN4O2/c1-9-10-15-32(26(35)16-20(2)18-27(3,4)5)19-25(34)30-24-17-23(28(6,7)8)31-33(24)22-14-12-11-13-21(22)29/h11-14,17,20H,9-10,15-16,18-19H2,1-8H3,(H,30,34). The minimum Gasteiger partial charge on any atom is -0.333 e. The number of nitrogens with one attached hydrogen (secondary N) is 1. The lowest BCUT2D eigenvalue weighted by atomic mass is 9.84. The van der Waals surface area contributed by atoms with Crippen LogP contribution in [0, 0.1) is 11.3 Å². The average Bonchev–Trinajstić information content (AvgIpc) is 3.13. The monoisotopic (exact) mass is 502 g/mol. The summed E-state index contributed by atoms with van der Waals surface area (Å²) in [5, 5.41) is 8.27. The Bertz CT molecular complexity index is 1000. The lowest BCUT2D eigenvalue weighted by Gasteiger charge is -2.26. The lowest BCUT2D eigenvalue weighted by Crippen LogP contribution is -2.39. The van der Waals surface area contributed by atoms with Crippen LogP contribution < -0.4 is 5.32 Å². The minimum absolute atomic E-state index is 0.0135. The Hall–Kier alpha value is -2.34. The number of benzene rings is 1. The third-order valence-corrected chi connectivity index (χ3v) is 6.10. The van der Waals surface area contributed by atoms with Crippen molar-refractivity contribution in [1.29, 1.82) is 0 Å². The van der Waals surface area contributed by atoms with Gasteiger partial charge >= 0.3 is 0 Å². The summed E-state index contributed by atoms with van der Waals surface area (Å²) < 4.78 is 1.67. The molecule has 1 N–H and O–H groups in total. The van der Waals surface area contributed by atoms with Crippen molar-refractivity contribution in [3.05, 3.63) is 41.0 Å². The normalized spacial score (nSPS) is 12.9. The van der Waals surface area contributed by atoms with Crippen molar-refractivity contribution in [3.8, 4) is 5.69 Å². The molecular formula is C28H43ClN4O2. The molecule has 1 aromatic carbocycles. The highest BCUT2D eigenvalue weighted by molar-refractivity contribution is 6.32. The highest BCUT2D eigenvalue weighted by Gasteiger charge is 2.25. The van der Waals surface area contributed by atoms with E-state index < -0.39 is 0 Å². The van der Waals surface area contributed by atoms with Gasteiger partial charge in [-0.1, -0.05) is 85.5 Å². The number of amides is 2. The van der Waals surface area contributed by atoms with Crippen molar-refractivity contribution in [2.75, 3.05) is 18.4 Å². The first-order valence-electron chi connectivity index (χ1n) is 12.6. The average molecular weight is 503 g/mol. The van der Waals surface area contributed by atoms with Gasteiger partial charge in [-0.3, -0.25) is 9.59 Å². The molecule has 1 heterocycles. The van der Waals surface area contributed by atoms with Gasteiger partial charge in [-0.2, -0.15) is 5.10 Å². The van der Waals surface area contributed by atoms with E-state index in [2.05, 4.69) is 60.7 Å². The van der Waals surface area contributed by atoms with Crippen molar-refractivity contribution in [3.63, 3.8) is 0 Å². The van der Waals surface area contributed by atoms with Crippen LogP contribution in [0.3, 0.4) is 0 Å². The molecule has 0 bridgehead atoms. The zero-order valence-electron chi connectivity index (χ0n) is 22.7. The third kappa shape index (κ3) is 8.99. The Morgan fingerprint density at radius 2 is 1.80 bits per heavy atom. The Balaban J connectivity index is 2.23. The van der Waals surface area contributed by atoms with E-state index in [-0.39, 0.29) is 35.1 Å². The van der Waals surface area contributed by atoms with Gasteiger partial charge in [0.1, 0.15) is 5.82 Å². The molecule has 0 radical (unpaired) electrons. The van der Waals surface area contributed by atoms with E-state index in [1.54, 1.807) is 15.6 Å². The van der Waals surface area contributed by atoms with Crippen LogP contribution >= 0.6 is 11.6 Å². The number of aromatic nitrogens is 2. The van der Waals surface area contributed by atoms with Crippen LogP contribution in [0.15, 0.2) is 30.3 Å². The molecule has 0 aliphatic rings. The quantitative estimate of drug-likeness (QED) is 0.386. The number of para-hydroxylation sites is 1. The lowest BCUT2D eigenvalue weighted by molar-refractivity contribution is -0.135. The fourth-order valence-electron chi connectivity index (χ4n) is 4.19. The molecule has 1 unspecified atom stereocenters. The van der Waals surface area contributed by atoms with Gasteiger partial charge < -0.3 is 10.2 Å². The molecule has 0 spiro atoms. The van der Waals surface area contributed by atoms with Gasteiger partial charge in [0.2, 0.25) is 11.8 Å². The second-order valence-corrected chi connectivity index (χ2v) is 12.2. The molecule has 2 aromatic rings. The van der Waals surface area contributed by atoms with Crippen molar-refractivity contribution in [2.45, 2.75) is 86.5 Å². The van der Waals surface area contributed by atoms with E-state index in [1.807, 2.05) is 24.3 Å². The van der Waals surface area contributed by atoms with Gasteiger partial charge in [0.15, 0.2) is 0 Å². The van der Waals surface area contributed by atoms with E-state index >= 15 is 0 Å². The first kappa shape index (κ1) is 28.9. The van der Waals surface area contributed by atoms with Crippen molar-refractivity contribution in [1.82, 2.24) is 14.7 Å². The Morgan fingerprint density at radius 3 is 2.37 bits per heavy atom. The first-order chi connectivity index (χ1) is 16.2. The van der Waals surface area contributed by atoms with Crippen molar-refractivity contribution in [2.24, 2.45) is 11.3 Å². The van der Waals surface area contributed by atoms with Gasteiger partial charge in [0.05, 0.1) is 22.9 Å². The molecule has 0 aliphatic carbocycles. The summed E-state index contributed by atoms with van der Waals surface area (Å²) in [5.41, 5.74) is 1.48. The number of nitrogens with zero attached hydrogens (tertiary/aromatic N) is 3. The summed E-state index contributed by atoms with van der Waals surface area (Å²) >= 11 is 6.44. The largest absolute Gasteiger partial charge is 0.333 e. The second-order valence-electron chi connectivity index (χ2n) is 11.8. The fraction of sp³-hybridized carbons (Fsp3) is 0.607. The van der Waals surface area contributed by atoms with Crippen molar-refractivity contribution < 1.29 is 9.59 Å². The molecule has 6 nitrogen and oxygen atoms in total. The summed E-state index contributed by atoms with van der Waals surface area (Å²) in [6.07, 6.45) is 3.22. The number of unbranched alkanes of at least 4 members (excludes halogenated alkanes) is 1. The number of anilines is 1. The fourth-order valence-corrected chi connectivity index (χ4v) is 4.40. The number of carbonyl (C=O) groups is 2. The maximum absolute atomic E-state index is 13.2. The van der Waals surface area contributed by atoms with Crippen LogP contribution in [0.1, 0.15) is 86.8 Å². The van der Waals surface area contributed by atoms with Gasteiger partial charge in [-0.05, 0) is 36.3 Å². The van der Waals surface area contributed by atoms with E-state index in [0.717, 1.165) is 25.0 Å². The minimum atomic E-state index is -0.244. The molecule has 1 aromatic heterocycles. The van der Waals surface area contributed by atoms with Gasteiger partial charge in [0.25, 0.3) is 0 Å². The zero-order chi connectivity index (χ0) is 26.4. The summed E-state index contributed by atoms with van der Waals surface area (Å²) in [5.74, 6) is 0.578. The molecule has 35 heavy (non-hydrogen) atoms. The molecule has 1 atom stereocenters. The number of hydrogen-bond acceptors (Lipinski definition) is 3. The number of halogens is 1. The zero-order valence-corrected chi connectivity index (χ0v) is 23.5. The second kappa shape index (κ2) is 12.1. The highest BCUT2D eigenvalue weighted by Crippen LogP contribution is 2.29. The summed E-state index contributed by atoms with van der Waals surface area (Å²) in [7, 11) is 0.